The van der Waals surface area contributed by atoms with Crippen LogP contribution < -0.4 is 2.81 Å². The predicted molar refractivity (Wildman–Crippen MR) is 88.8 cm³/mol. The minimum atomic E-state index is -0.745. The molecule has 1 aromatic carbocycles. The van der Waals surface area contributed by atoms with Crippen LogP contribution in [-0.2, 0) is 15.6 Å². The first-order valence-electron chi connectivity index (χ1n) is 7.37. The van der Waals surface area contributed by atoms with Gasteiger partial charge in [-0.25, -0.2) is 0 Å². The molecule has 0 bridgehead atoms. The van der Waals surface area contributed by atoms with E-state index in [-0.39, 0.29) is 17.3 Å². The average molecular weight is 302 g/mol. The standard InChI is InChI=1S/C14H21O.C3H6O2.Na/c1-13(2,3)10-8-7-9-11(12(10)15)14(4,5)6;1-2-3(4)5;/h8-9,15H,1-6H3;2H2,1H3,(H,4,5);. The van der Waals surface area contributed by atoms with Crippen LogP contribution in [0.2, 0.25) is 0 Å². The van der Waals surface area contributed by atoms with Gasteiger partial charge < -0.3 is 5.11 Å². The van der Waals surface area contributed by atoms with Crippen LogP contribution in [0.1, 0.15) is 66.0 Å². The van der Waals surface area contributed by atoms with E-state index >= 15 is 0 Å². The van der Waals surface area contributed by atoms with Crippen molar-refractivity contribution in [2.24, 2.45) is 0 Å². The Kier molecular flexibility index (Phi) is 7.48. The molecule has 0 atom stereocenters. The van der Waals surface area contributed by atoms with Gasteiger partial charge in [0.05, 0.1) is 0 Å². The Bertz CT molecular complexity index is 459. The van der Waals surface area contributed by atoms with Crippen molar-refractivity contribution in [2.45, 2.75) is 65.7 Å². The molecule has 21 heavy (non-hydrogen) atoms. The number of phenols is 1. The maximum atomic E-state index is 10.4. The van der Waals surface area contributed by atoms with Crippen molar-refractivity contribution < 1.29 is 15.0 Å². The number of carbonyl (C=O) groups is 1. The quantitative estimate of drug-likeness (QED) is 0.783. The van der Waals surface area contributed by atoms with Gasteiger partial charge in [-0.05, 0) is 0 Å². The molecule has 0 spiro atoms. The van der Waals surface area contributed by atoms with E-state index < -0.39 is 5.97 Å². The van der Waals surface area contributed by atoms with Crippen molar-refractivity contribution in [1.82, 2.24) is 0 Å². The first-order chi connectivity index (χ1) is 9.30. The van der Waals surface area contributed by atoms with Crippen LogP contribution in [0.25, 0.3) is 0 Å². The van der Waals surface area contributed by atoms with Crippen molar-refractivity contribution in [3.63, 3.8) is 0 Å². The van der Waals surface area contributed by atoms with E-state index in [0.29, 0.717) is 5.75 Å². The van der Waals surface area contributed by atoms with Crippen molar-refractivity contribution in [2.75, 3.05) is 0 Å². The molecule has 1 rings (SSSR count). The van der Waals surface area contributed by atoms with E-state index in [4.69, 9.17) is 5.11 Å². The van der Waals surface area contributed by atoms with Gasteiger partial charge in [0.1, 0.15) is 0 Å². The molecule has 114 valence electrons. The van der Waals surface area contributed by atoms with Crippen LogP contribution in [0, 0.1) is 0 Å². The molecule has 0 saturated carbocycles. The summed E-state index contributed by atoms with van der Waals surface area (Å²) in [5.41, 5.74) is 2.16. The van der Waals surface area contributed by atoms with E-state index in [2.05, 4.69) is 53.7 Å². The maximum Gasteiger partial charge on any atom is 0.303 e. The summed E-state index contributed by atoms with van der Waals surface area (Å²) in [6, 6.07) is 4.30. The van der Waals surface area contributed by atoms with E-state index in [1.165, 1.54) is 2.81 Å². The smallest absolute Gasteiger partial charge is 0.303 e. The van der Waals surface area contributed by atoms with E-state index in [1.807, 2.05) is 0 Å². The average Bonchev–Trinajstić information content (AvgIpc) is 2.29. The number of rotatable bonds is 1. The minimum absolute atomic E-state index is 0.00447. The molecule has 0 aromatic heterocycles. The van der Waals surface area contributed by atoms with Crippen LogP contribution in [0.3, 0.4) is 0 Å². The Hall–Kier alpha value is -0.510. The fourth-order valence-electron chi connectivity index (χ4n) is 1.92. The summed E-state index contributed by atoms with van der Waals surface area (Å²) in [7, 11) is 0. The Morgan fingerprint density at radius 1 is 1.05 bits per heavy atom. The summed E-state index contributed by atoms with van der Waals surface area (Å²) < 4.78 is 1.35. The zero-order valence-corrected chi connectivity index (χ0v) is 16.7. The van der Waals surface area contributed by atoms with Crippen LogP contribution in [0.5, 0.6) is 5.75 Å². The van der Waals surface area contributed by atoms with E-state index in [1.54, 1.807) is 6.92 Å². The van der Waals surface area contributed by atoms with Crippen molar-refractivity contribution in [3.8, 4) is 5.75 Å². The second-order valence-corrected chi connectivity index (χ2v) is 8.61. The molecule has 4 heteroatoms. The van der Waals surface area contributed by atoms with Crippen LogP contribution >= 0.6 is 0 Å². The van der Waals surface area contributed by atoms with Crippen LogP contribution in [0.15, 0.2) is 12.1 Å². The van der Waals surface area contributed by atoms with Crippen molar-refractivity contribution in [3.05, 3.63) is 23.3 Å². The number of carboxylic acids is 1. The maximum absolute atomic E-state index is 10.4. The third-order valence-corrected chi connectivity index (χ3v) is 3.75. The van der Waals surface area contributed by atoms with Gasteiger partial charge in [-0.3, -0.25) is 4.79 Å². The van der Waals surface area contributed by atoms with Gasteiger partial charge in [-0.1, -0.05) is 6.92 Å². The van der Waals surface area contributed by atoms with Crippen LogP contribution in [0.4, 0.5) is 0 Å². The van der Waals surface area contributed by atoms with Gasteiger partial charge in [0, 0.05) is 6.42 Å². The van der Waals surface area contributed by atoms with Gasteiger partial charge >= 0.3 is 123 Å². The van der Waals surface area contributed by atoms with Gasteiger partial charge in [0.2, 0.25) is 0 Å². The van der Waals surface area contributed by atoms with Gasteiger partial charge in [0.15, 0.2) is 0 Å². The summed E-state index contributed by atoms with van der Waals surface area (Å²) in [5, 5.41) is 18.1. The molecule has 0 fully saturated rings. The molecule has 0 heterocycles. The largest absolute Gasteiger partial charge is 0.481 e. The monoisotopic (exact) mass is 302 g/mol. The topological polar surface area (TPSA) is 57.5 Å². The molecular formula is C17H27NaO3. The van der Waals surface area contributed by atoms with Crippen molar-refractivity contribution in [1.29, 1.82) is 0 Å². The molecule has 2 N–H and O–H groups in total. The SMILES string of the molecule is CC(C)(C)c1c[c]([Na])cc(C(C)(C)C)c1O.CCC(=O)O. The first kappa shape index (κ1) is 20.5. The minimum Gasteiger partial charge on any atom is -0.481 e. The molecule has 0 aliphatic carbocycles. The molecular weight excluding hydrogens is 275 g/mol. The zero-order chi connectivity index (χ0) is 17.0. The second kappa shape index (κ2) is 7.66. The number of aromatic hydroxyl groups is 1. The Balaban J connectivity index is 0.000000690. The van der Waals surface area contributed by atoms with E-state index in [9.17, 15) is 9.90 Å². The third kappa shape index (κ3) is 6.86. The molecule has 0 unspecified atom stereocenters. The fraction of sp³-hybridized carbons (Fsp3) is 0.588. The summed E-state index contributed by atoms with van der Waals surface area (Å²) in [6.07, 6.45) is 0.222. The van der Waals surface area contributed by atoms with Crippen LogP contribution in [-0.4, -0.2) is 44.1 Å². The molecule has 0 saturated heterocycles. The number of hydrogen-bond acceptors (Lipinski definition) is 2. The van der Waals surface area contributed by atoms with Crippen molar-refractivity contribution >= 4 is 36.7 Å². The van der Waals surface area contributed by atoms with E-state index in [0.717, 1.165) is 39.1 Å². The Morgan fingerprint density at radius 3 is 1.52 bits per heavy atom. The van der Waals surface area contributed by atoms with Gasteiger partial charge in [-0.15, -0.1) is 0 Å². The molecule has 0 amide bonds. The van der Waals surface area contributed by atoms with Gasteiger partial charge in [-0.2, -0.15) is 0 Å². The summed E-state index contributed by atoms with van der Waals surface area (Å²) in [6.45, 7) is 14.5. The Labute approximate surface area is 146 Å². The fourth-order valence-corrected chi connectivity index (χ4v) is 2.50. The van der Waals surface area contributed by atoms with Gasteiger partial charge in [0.25, 0.3) is 0 Å². The first-order valence-corrected chi connectivity index (χ1v) is 8.37. The summed E-state index contributed by atoms with van der Waals surface area (Å²) >= 11 is 1.03. The number of benzene rings is 1. The second-order valence-electron chi connectivity index (χ2n) is 7.46. The third-order valence-electron chi connectivity index (χ3n) is 3.17. The predicted octanol–water partition coefficient (Wildman–Crippen LogP) is 3.26. The summed E-state index contributed by atoms with van der Waals surface area (Å²) in [4.78, 5) is 9.37. The summed E-state index contributed by atoms with van der Waals surface area (Å²) in [5.74, 6) is -0.260. The Morgan fingerprint density at radius 2 is 1.33 bits per heavy atom. The molecule has 1 aromatic rings. The number of hydrogen-bond donors (Lipinski definition) is 2. The molecule has 3 nitrogen and oxygen atoms in total. The number of phenolic OH excluding ortho intramolecular Hbond substituents is 1. The number of aliphatic carboxylic acids is 1. The molecule has 0 radical (unpaired) electrons. The normalized spacial score (nSPS) is 11.7. The zero-order valence-electron chi connectivity index (χ0n) is 14.7. The molecule has 0 aliphatic heterocycles. The number of carboxylic acid groups (broad SMARTS) is 1. The molecule has 0 aliphatic rings.